The number of amides is 3. The molecule has 2 unspecified atom stereocenters. The lowest BCUT2D eigenvalue weighted by Gasteiger charge is -2.30. The first-order chi connectivity index (χ1) is 12.5. The zero-order valence-electron chi connectivity index (χ0n) is 14.5. The lowest BCUT2D eigenvalue weighted by atomic mass is 9.88. The van der Waals surface area contributed by atoms with Crippen molar-refractivity contribution in [1.29, 1.82) is 0 Å². The minimum Gasteiger partial charge on any atom is -0.497 e. The molecule has 0 radical (unpaired) electrons. The van der Waals surface area contributed by atoms with Gasteiger partial charge in [0.15, 0.2) is 5.54 Å². The number of aliphatic hydroxyl groups is 1. The molecule has 26 heavy (non-hydrogen) atoms. The number of aliphatic hydroxyl groups excluding tert-OH is 1. The van der Waals surface area contributed by atoms with Crippen LogP contribution in [0.1, 0.15) is 11.7 Å². The Balaban J connectivity index is 1.86. The quantitative estimate of drug-likeness (QED) is 0.678. The number of imide groups is 1. The van der Waals surface area contributed by atoms with Gasteiger partial charge in [0.05, 0.1) is 7.11 Å². The standard InChI is InChI=1S/C19H20N2O4S/c1-25-15-9-7-13(8-10-15)12-3-5-14(6-4-12)16(22)19(11-26-2)17(23)20-18(24)21-19/h3-10,16,22H,11H2,1-2H3,(H2,20,21,23,24). The van der Waals surface area contributed by atoms with Crippen LogP contribution in [0.25, 0.3) is 11.1 Å². The first-order valence-electron chi connectivity index (χ1n) is 8.05. The molecule has 0 aromatic heterocycles. The number of rotatable bonds is 6. The Kier molecular flexibility index (Phi) is 5.20. The number of carbonyl (C=O) groups excluding carboxylic acids is 2. The van der Waals surface area contributed by atoms with Crippen molar-refractivity contribution in [3.63, 3.8) is 0 Å². The van der Waals surface area contributed by atoms with Gasteiger partial charge in [-0.3, -0.25) is 10.1 Å². The van der Waals surface area contributed by atoms with Crippen molar-refractivity contribution in [2.24, 2.45) is 0 Å². The summed E-state index contributed by atoms with van der Waals surface area (Å²) in [6.45, 7) is 0. The molecule has 136 valence electrons. The van der Waals surface area contributed by atoms with E-state index in [4.69, 9.17) is 4.74 Å². The Labute approximate surface area is 155 Å². The van der Waals surface area contributed by atoms with Crippen molar-refractivity contribution in [3.05, 3.63) is 54.1 Å². The number of ether oxygens (including phenoxy) is 1. The van der Waals surface area contributed by atoms with Gasteiger partial charge in [0.2, 0.25) is 0 Å². The van der Waals surface area contributed by atoms with Crippen molar-refractivity contribution in [3.8, 4) is 16.9 Å². The van der Waals surface area contributed by atoms with Gasteiger partial charge in [0.1, 0.15) is 11.9 Å². The van der Waals surface area contributed by atoms with E-state index in [0.717, 1.165) is 16.9 Å². The number of urea groups is 1. The van der Waals surface area contributed by atoms with Crippen LogP contribution in [-0.2, 0) is 4.79 Å². The number of thioether (sulfide) groups is 1. The summed E-state index contributed by atoms with van der Waals surface area (Å²) in [5, 5.41) is 15.6. The molecule has 2 atom stereocenters. The third kappa shape index (κ3) is 3.27. The molecule has 0 aliphatic carbocycles. The van der Waals surface area contributed by atoms with Crippen LogP contribution in [0.5, 0.6) is 5.75 Å². The maximum Gasteiger partial charge on any atom is 0.322 e. The minimum absolute atomic E-state index is 0.270. The second-order valence-corrected chi connectivity index (χ2v) is 6.93. The topological polar surface area (TPSA) is 87.7 Å². The summed E-state index contributed by atoms with van der Waals surface area (Å²) in [6.07, 6.45) is 0.672. The van der Waals surface area contributed by atoms with E-state index in [2.05, 4.69) is 10.6 Å². The number of hydrogen-bond donors (Lipinski definition) is 3. The highest BCUT2D eigenvalue weighted by Crippen LogP contribution is 2.33. The molecule has 7 heteroatoms. The number of carbonyl (C=O) groups is 2. The summed E-state index contributed by atoms with van der Waals surface area (Å²) < 4.78 is 5.16. The van der Waals surface area contributed by atoms with Crippen LogP contribution in [0.3, 0.4) is 0 Å². The third-order valence-corrected chi connectivity index (χ3v) is 5.20. The fourth-order valence-corrected chi connectivity index (χ4v) is 3.85. The van der Waals surface area contributed by atoms with Crippen LogP contribution in [0.2, 0.25) is 0 Å². The summed E-state index contributed by atoms with van der Waals surface area (Å²) in [6, 6.07) is 14.4. The van der Waals surface area contributed by atoms with Crippen LogP contribution in [0.15, 0.2) is 48.5 Å². The van der Waals surface area contributed by atoms with Gasteiger partial charge in [-0.15, -0.1) is 0 Å². The lowest BCUT2D eigenvalue weighted by molar-refractivity contribution is -0.127. The molecule has 1 fully saturated rings. The summed E-state index contributed by atoms with van der Waals surface area (Å²) in [7, 11) is 1.62. The average molecular weight is 372 g/mol. The van der Waals surface area contributed by atoms with E-state index < -0.39 is 23.6 Å². The van der Waals surface area contributed by atoms with Crippen LogP contribution < -0.4 is 15.4 Å². The van der Waals surface area contributed by atoms with Gasteiger partial charge in [0, 0.05) is 5.75 Å². The molecule has 1 aliphatic heterocycles. The Hall–Kier alpha value is -2.51. The van der Waals surface area contributed by atoms with E-state index in [1.54, 1.807) is 19.2 Å². The van der Waals surface area contributed by atoms with Crippen LogP contribution >= 0.6 is 11.8 Å². The van der Waals surface area contributed by atoms with E-state index in [-0.39, 0.29) is 5.75 Å². The van der Waals surface area contributed by atoms with E-state index >= 15 is 0 Å². The molecule has 3 N–H and O–H groups in total. The highest BCUT2D eigenvalue weighted by atomic mass is 32.2. The smallest absolute Gasteiger partial charge is 0.322 e. The van der Waals surface area contributed by atoms with Crippen molar-refractivity contribution in [2.45, 2.75) is 11.6 Å². The van der Waals surface area contributed by atoms with Crippen molar-refractivity contribution >= 4 is 23.7 Å². The van der Waals surface area contributed by atoms with Gasteiger partial charge in [-0.05, 0) is 35.1 Å². The van der Waals surface area contributed by atoms with Crippen molar-refractivity contribution in [2.75, 3.05) is 19.1 Å². The average Bonchev–Trinajstić information content (AvgIpc) is 2.96. The summed E-state index contributed by atoms with van der Waals surface area (Å²) >= 11 is 1.38. The Morgan fingerprint density at radius 1 is 1.08 bits per heavy atom. The Morgan fingerprint density at radius 2 is 1.65 bits per heavy atom. The molecule has 3 amide bonds. The highest BCUT2D eigenvalue weighted by Gasteiger charge is 2.51. The molecule has 1 saturated heterocycles. The van der Waals surface area contributed by atoms with Gasteiger partial charge in [0.25, 0.3) is 5.91 Å². The van der Waals surface area contributed by atoms with Crippen LogP contribution in [-0.4, -0.2) is 41.7 Å². The minimum atomic E-state index is -1.36. The zero-order valence-corrected chi connectivity index (χ0v) is 15.3. The molecule has 2 aromatic carbocycles. The second kappa shape index (κ2) is 7.39. The second-order valence-electron chi connectivity index (χ2n) is 6.07. The monoisotopic (exact) mass is 372 g/mol. The Bertz CT molecular complexity index is 807. The molecule has 6 nitrogen and oxygen atoms in total. The first-order valence-corrected chi connectivity index (χ1v) is 9.44. The largest absolute Gasteiger partial charge is 0.497 e. The molecular weight excluding hydrogens is 352 g/mol. The predicted molar refractivity (Wildman–Crippen MR) is 101 cm³/mol. The van der Waals surface area contributed by atoms with E-state index in [0.29, 0.717) is 5.56 Å². The maximum atomic E-state index is 12.3. The molecule has 1 heterocycles. The van der Waals surface area contributed by atoms with Crippen LogP contribution in [0.4, 0.5) is 4.79 Å². The number of nitrogens with one attached hydrogen (secondary N) is 2. The normalized spacial score (nSPS) is 20.4. The fraction of sp³-hybridized carbons (Fsp3) is 0.263. The van der Waals surface area contributed by atoms with Crippen LogP contribution in [0, 0.1) is 0 Å². The molecule has 0 saturated carbocycles. The summed E-state index contributed by atoms with van der Waals surface area (Å²) in [5.41, 5.74) is 1.19. The van der Waals surface area contributed by atoms with Gasteiger partial charge in [-0.1, -0.05) is 36.4 Å². The van der Waals surface area contributed by atoms with Gasteiger partial charge >= 0.3 is 6.03 Å². The SMILES string of the molecule is COc1ccc(-c2ccc(C(O)C3(CSC)NC(=O)NC3=O)cc2)cc1. The predicted octanol–water partition coefficient (Wildman–Crippen LogP) is 2.34. The van der Waals surface area contributed by atoms with Crippen molar-refractivity contribution in [1.82, 2.24) is 10.6 Å². The molecule has 1 aliphatic rings. The fourth-order valence-electron chi connectivity index (χ4n) is 3.03. The molecule has 2 aromatic rings. The van der Waals surface area contributed by atoms with Crippen molar-refractivity contribution < 1.29 is 19.4 Å². The van der Waals surface area contributed by atoms with E-state index in [1.165, 1.54) is 11.8 Å². The van der Waals surface area contributed by atoms with Gasteiger partial charge in [-0.2, -0.15) is 11.8 Å². The van der Waals surface area contributed by atoms with E-state index in [1.807, 2.05) is 42.7 Å². The van der Waals surface area contributed by atoms with Gasteiger partial charge in [-0.25, -0.2) is 4.79 Å². The van der Waals surface area contributed by atoms with E-state index in [9.17, 15) is 14.7 Å². The lowest BCUT2D eigenvalue weighted by Crippen LogP contribution is -2.54. The number of methoxy groups -OCH3 is 1. The Morgan fingerprint density at radius 3 is 2.12 bits per heavy atom. The summed E-state index contributed by atoms with van der Waals surface area (Å²) in [5.74, 6) is 0.540. The third-order valence-electron chi connectivity index (χ3n) is 4.46. The molecule has 0 spiro atoms. The maximum absolute atomic E-state index is 12.3. The molecule has 0 bridgehead atoms. The van der Waals surface area contributed by atoms with Gasteiger partial charge < -0.3 is 15.2 Å². The number of benzene rings is 2. The first kappa shape index (κ1) is 18.3. The summed E-state index contributed by atoms with van der Waals surface area (Å²) in [4.78, 5) is 23.9. The molecule has 3 rings (SSSR count). The number of hydrogen-bond acceptors (Lipinski definition) is 5. The molecular formula is C19H20N2O4S. The zero-order chi connectivity index (χ0) is 18.7. The highest BCUT2D eigenvalue weighted by molar-refractivity contribution is 7.98.